The minimum atomic E-state index is -0.0703. The van der Waals surface area contributed by atoms with E-state index in [9.17, 15) is 4.79 Å². The molecule has 0 aromatic carbocycles. The van der Waals surface area contributed by atoms with Crippen molar-refractivity contribution in [2.45, 2.75) is 31.7 Å². The Morgan fingerprint density at radius 1 is 1.26 bits per heavy atom. The number of amides is 1. The molecular formula is C16H20N6O. The normalized spacial score (nSPS) is 17.9. The van der Waals surface area contributed by atoms with Gasteiger partial charge in [-0.05, 0) is 25.8 Å². The van der Waals surface area contributed by atoms with Crippen LogP contribution in [0.4, 0.5) is 5.82 Å². The molecule has 1 saturated heterocycles. The number of rotatable bonds is 4. The van der Waals surface area contributed by atoms with Gasteiger partial charge in [-0.3, -0.25) is 9.48 Å². The van der Waals surface area contributed by atoms with E-state index in [1.165, 1.54) is 12.8 Å². The van der Waals surface area contributed by atoms with E-state index in [-0.39, 0.29) is 11.9 Å². The minimum Gasteiger partial charge on any atom is -0.352 e. The third kappa shape index (κ3) is 2.78. The van der Waals surface area contributed by atoms with Gasteiger partial charge in [-0.15, -0.1) is 0 Å². The van der Waals surface area contributed by atoms with Gasteiger partial charge in [-0.2, -0.15) is 5.10 Å². The Hall–Kier alpha value is -2.44. The third-order valence-electron chi connectivity index (χ3n) is 4.44. The first-order chi connectivity index (χ1) is 11.1. The summed E-state index contributed by atoms with van der Waals surface area (Å²) in [5.41, 5.74) is 2.59. The average Bonchev–Trinajstić information content (AvgIpc) is 3.27. The SMILES string of the molecule is Cc1cc(C(=O)NC2CN(c3cc(C4CC4)ncn3)C2)n(C)n1. The van der Waals surface area contributed by atoms with Crippen molar-refractivity contribution in [1.29, 1.82) is 0 Å². The van der Waals surface area contributed by atoms with Gasteiger partial charge in [-0.25, -0.2) is 9.97 Å². The molecule has 23 heavy (non-hydrogen) atoms. The maximum absolute atomic E-state index is 12.3. The number of nitrogens with zero attached hydrogens (tertiary/aromatic N) is 5. The number of hydrogen-bond acceptors (Lipinski definition) is 5. The molecule has 0 radical (unpaired) electrons. The maximum atomic E-state index is 12.3. The van der Waals surface area contributed by atoms with E-state index in [1.54, 1.807) is 24.1 Å². The molecule has 2 fully saturated rings. The summed E-state index contributed by atoms with van der Waals surface area (Å²) in [4.78, 5) is 23.1. The van der Waals surface area contributed by atoms with E-state index < -0.39 is 0 Å². The molecule has 1 aliphatic carbocycles. The molecular weight excluding hydrogens is 292 g/mol. The Bertz CT molecular complexity index is 745. The van der Waals surface area contributed by atoms with Crippen LogP contribution < -0.4 is 10.2 Å². The van der Waals surface area contributed by atoms with E-state index in [1.807, 2.05) is 6.92 Å². The predicted molar refractivity (Wildman–Crippen MR) is 85.4 cm³/mol. The molecule has 0 atom stereocenters. The smallest absolute Gasteiger partial charge is 0.269 e. The van der Waals surface area contributed by atoms with Gasteiger partial charge < -0.3 is 10.2 Å². The number of carbonyl (C=O) groups is 1. The van der Waals surface area contributed by atoms with Crippen molar-refractivity contribution in [2.24, 2.45) is 7.05 Å². The highest BCUT2D eigenvalue weighted by atomic mass is 16.2. The van der Waals surface area contributed by atoms with E-state index in [4.69, 9.17) is 0 Å². The van der Waals surface area contributed by atoms with Crippen LogP contribution >= 0.6 is 0 Å². The molecule has 1 aliphatic heterocycles. The molecule has 7 nitrogen and oxygen atoms in total. The van der Waals surface area contributed by atoms with Crippen LogP contribution in [0, 0.1) is 6.92 Å². The van der Waals surface area contributed by atoms with Gasteiger partial charge in [0.05, 0.1) is 11.7 Å². The summed E-state index contributed by atoms with van der Waals surface area (Å²) in [5.74, 6) is 1.52. The summed E-state index contributed by atoms with van der Waals surface area (Å²) in [6.07, 6.45) is 4.12. The third-order valence-corrected chi connectivity index (χ3v) is 4.44. The quantitative estimate of drug-likeness (QED) is 0.912. The lowest BCUT2D eigenvalue weighted by Crippen LogP contribution is -2.59. The lowest BCUT2D eigenvalue weighted by atomic mass is 10.1. The molecule has 2 aliphatic rings. The molecule has 0 unspecified atom stereocenters. The number of aromatic nitrogens is 4. The van der Waals surface area contributed by atoms with Gasteiger partial charge in [0.1, 0.15) is 17.8 Å². The highest BCUT2D eigenvalue weighted by Crippen LogP contribution is 2.39. The second-order valence-corrected chi connectivity index (χ2v) is 6.45. The summed E-state index contributed by atoms with van der Waals surface area (Å²) in [6.45, 7) is 3.45. The zero-order valence-electron chi connectivity index (χ0n) is 13.4. The van der Waals surface area contributed by atoms with E-state index in [2.05, 4.69) is 31.3 Å². The number of hydrogen-bond donors (Lipinski definition) is 1. The first-order valence-electron chi connectivity index (χ1n) is 7.98. The van der Waals surface area contributed by atoms with Crippen molar-refractivity contribution in [2.75, 3.05) is 18.0 Å². The van der Waals surface area contributed by atoms with Gasteiger partial charge in [0.25, 0.3) is 5.91 Å². The Morgan fingerprint density at radius 2 is 2.04 bits per heavy atom. The summed E-state index contributed by atoms with van der Waals surface area (Å²) >= 11 is 0. The first kappa shape index (κ1) is 14.2. The molecule has 4 rings (SSSR count). The number of nitrogens with one attached hydrogen (secondary N) is 1. The van der Waals surface area contributed by atoms with Crippen molar-refractivity contribution < 1.29 is 4.79 Å². The highest BCUT2D eigenvalue weighted by Gasteiger charge is 2.31. The van der Waals surface area contributed by atoms with Crippen molar-refractivity contribution in [1.82, 2.24) is 25.1 Å². The fourth-order valence-electron chi connectivity index (χ4n) is 2.98. The summed E-state index contributed by atoms with van der Waals surface area (Å²) < 4.78 is 1.62. The Morgan fingerprint density at radius 3 is 2.70 bits per heavy atom. The predicted octanol–water partition coefficient (Wildman–Crippen LogP) is 1.01. The van der Waals surface area contributed by atoms with Crippen molar-refractivity contribution in [3.05, 3.63) is 35.5 Å². The van der Waals surface area contributed by atoms with Crippen molar-refractivity contribution in [3.8, 4) is 0 Å². The van der Waals surface area contributed by atoms with Crippen LogP contribution in [0.3, 0.4) is 0 Å². The molecule has 1 N–H and O–H groups in total. The van der Waals surface area contributed by atoms with Gasteiger partial charge in [-0.1, -0.05) is 0 Å². The fraction of sp³-hybridized carbons (Fsp3) is 0.500. The van der Waals surface area contributed by atoms with E-state index >= 15 is 0 Å². The molecule has 1 amide bonds. The monoisotopic (exact) mass is 312 g/mol. The first-order valence-corrected chi connectivity index (χ1v) is 7.98. The van der Waals surface area contributed by atoms with Crippen molar-refractivity contribution in [3.63, 3.8) is 0 Å². The summed E-state index contributed by atoms with van der Waals surface area (Å²) in [7, 11) is 1.79. The number of anilines is 1. The van der Waals surface area contributed by atoms with Crippen LogP contribution in [0.5, 0.6) is 0 Å². The standard InChI is InChI=1S/C16H20N6O/c1-10-5-14(21(2)20-10)16(23)19-12-7-22(8-12)15-6-13(11-3-4-11)17-9-18-15/h5-6,9,11-12H,3-4,7-8H2,1-2H3,(H,19,23). The zero-order valence-corrected chi connectivity index (χ0v) is 13.4. The molecule has 120 valence electrons. The van der Waals surface area contributed by atoms with Crippen LogP contribution in [0.15, 0.2) is 18.5 Å². The minimum absolute atomic E-state index is 0.0703. The summed E-state index contributed by atoms with van der Waals surface area (Å²) in [5, 5.41) is 7.26. The topological polar surface area (TPSA) is 75.9 Å². The van der Waals surface area contributed by atoms with Crippen molar-refractivity contribution >= 4 is 11.7 Å². The highest BCUT2D eigenvalue weighted by molar-refractivity contribution is 5.93. The van der Waals surface area contributed by atoms with Crippen LogP contribution in [0.2, 0.25) is 0 Å². The second kappa shape index (κ2) is 5.33. The number of aryl methyl sites for hydroxylation is 2. The summed E-state index contributed by atoms with van der Waals surface area (Å²) in [6, 6.07) is 4.04. The molecule has 2 aromatic rings. The Balaban J connectivity index is 1.35. The van der Waals surface area contributed by atoms with E-state index in [0.717, 1.165) is 30.3 Å². The molecule has 7 heteroatoms. The number of carbonyl (C=O) groups excluding carboxylic acids is 1. The van der Waals surface area contributed by atoms with Gasteiger partial charge in [0, 0.05) is 37.8 Å². The molecule has 1 saturated carbocycles. The lowest BCUT2D eigenvalue weighted by Gasteiger charge is -2.40. The van der Waals surface area contributed by atoms with Gasteiger partial charge >= 0.3 is 0 Å². The molecule has 3 heterocycles. The Labute approximate surface area is 134 Å². The van der Waals surface area contributed by atoms with Gasteiger partial charge in [0.2, 0.25) is 0 Å². The van der Waals surface area contributed by atoms with Crippen LogP contribution in [0.25, 0.3) is 0 Å². The molecule has 2 aromatic heterocycles. The molecule has 0 bridgehead atoms. The van der Waals surface area contributed by atoms with E-state index in [0.29, 0.717) is 11.6 Å². The van der Waals surface area contributed by atoms with Crippen LogP contribution in [-0.2, 0) is 7.05 Å². The van der Waals surface area contributed by atoms with Gasteiger partial charge in [0.15, 0.2) is 0 Å². The Kier molecular flexibility index (Phi) is 3.28. The van der Waals surface area contributed by atoms with Crippen LogP contribution in [0.1, 0.15) is 40.6 Å². The second-order valence-electron chi connectivity index (χ2n) is 6.45. The largest absolute Gasteiger partial charge is 0.352 e. The maximum Gasteiger partial charge on any atom is 0.269 e. The average molecular weight is 312 g/mol. The zero-order chi connectivity index (χ0) is 16.0. The lowest BCUT2D eigenvalue weighted by molar-refractivity contribution is 0.0920. The molecule has 0 spiro atoms. The fourth-order valence-corrected chi connectivity index (χ4v) is 2.98. The van der Waals surface area contributed by atoms with Crippen LogP contribution in [-0.4, -0.2) is 44.8 Å².